The van der Waals surface area contributed by atoms with Crippen molar-refractivity contribution in [1.82, 2.24) is 30.0 Å². The summed E-state index contributed by atoms with van der Waals surface area (Å²) >= 11 is 0. The molecule has 1 spiro atoms. The average molecular weight is 1930 g/mol. The Morgan fingerprint density at radius 1 is 0.364 bits per heavy atom. The standard InChI is InChI=1S/2C28H39N3O3.C23H38O2.C22H36O3.C21H32O/c2*1-27-13-11-20-19-12-14-28(33,17-34-2)15-18(19)7-8-21(20)22(27)9-10-23(27)26(32)16-31-29-24-5-3-4-6-25(24)30-31;1-4-17-7-9-21-20-8-6-16-14-23(24,15-25-5-2)13-11-18(16)19(20)10-12-22(17,21)3;1-3-25-14-22(24)11-9-17-15(12-22)4-6-19-18(17)8-10-21(2)16(13-23)5-7-20(19)21;1-3-15-5-7-19-18-6-4-14-12-21(13-22-21)11-9-16(14)17(18)8-10-20(15,19)2/h2*3-6,18-23,33H,7-17H2,1-2H3;4,16,18-21,24H,5-15H2,1-3H3;13,15-20,24H,3-12,14H2,1-2H3;3,14,16-19H,4-13H2,1-2H3/t18-,19-,20+,21+,22-,23+,27-,28+;18-,19-,20+,21+,22-,23-,27-,28+;16-,18-,19+,20+,21-,22+,23+;15-,16+,17-,18+,19+,20-,21+,22+;14-,16-,17+,18+,19-,20+,21?/m00000/s1. The lowest BCUT2D eigenvalue weighted by Gasteiger charge is -2.57. The maximum Gasteiger partial charge on any atom is 0.159 e. The van der Waals surface area contributed by atoms with Crippen LogP contribution in [-0.2, 0) is 51.2 Å². The number of aromatic nitrogens is 6. The minimum absolute atomic E-state index is 0.114. The van der Waals surface area contributed by atoms with Crippen molar-refractivity contribution >= 4 is 39.9 Å². The zero-order valence-corrected chi connectivity index (χ0v) is 88.4. The van der Waals surface area contributed by atoms with Gasteiger partial charge < -0.3 is 48.9 Å². The van der Waals surface area contributed by atoms with Crippen molar-refractivity contribution in [3.8, 4) is 0 Å². The Labute approximate surface area is 840 Å². The van der Waals surface area contributed by atoms with Crippen LogP contribution in [0, 0.1) is 193 Å². The van der Waals surface area contributed by atoms with E-state index in [2.05, 4.69) is 81.0 Å². The number of ketones is 2. The zero-order chi connectivity index (χ0) is 97.3. The summed E-state index contributed by atoms with van der Waals surface area (Å²) in [5, 5.41) is 62.0. The summed E-state index contributed by atoms with van der Waals surface area (Å²) in [6.07, 6.45) is 61.5. The number of aldehydes is 1. The third kappa shape index (κ3) is 18.7. The number of benzene rings is 2. The Morgan fingerprint density at radius 2 is 0.671 bits per heavy atom. The highest BCUT2D eigenvalue weighted by Gasteiger charge is 2.66. The third-order valence-corrected chi connectivity index (χ3v) is 47.7. The van der Waals surface area contributed by atoms with E-state index < -0.39 is 22.4 Å². The van der Waals surface area contributed by atoms with Crippen LogP contribution in [-0.4, -0.2) is 157 Å². The number of nitrogens with zero attached hydrogens (tertiary/aromatic N) is 6. The molecule has 21 fully saturated rings. The third-order valence-electron chi connectivity index (χ3n) is 47.7. The van der Waals surface area contributed by atoms with Crippen molar-refractivity contribution in [2.45, 2.75) is 392 Å². The fourth-order valence-electron chi connectivity index (χ4n) is 41.2. The molecule has 4 N–H and O–H groups in total. The van der Waals surface area contributed by atoms with E-state index in [1.165, 1.54) is 199 Å². The van der Waals surface area contributed by atoms with Crippen LogP contribution in [0.4, 0.5) is 0 Å². The van der Waals surface area contributed by atoms with Gasteiger partial charge in [0.2, 0.25) is 0 Å². The molecule has 140 heavy (non-hydrogen) atoms. The number of allylic oxidation sites excluding steroid dienone is 4. The minimum atomic E-state index is -0.623. The van der Waals surface area contributed by atoms with Gasteiger partial charge in [-0.1, -0.05) is 82.2 Å². The van der Waals surface area contributed by atoms with E-state index >= 15 is 0 Å². The molecule has 25 rings (SSSR count). The largest absolute Gasteiger partial charge is 0.387 e. The van der Waals surface area contributed by atoms with Crippen molar-refractivity contribution < 1.29 is 58.5 Å². The molecular formula is C122H184N6O12. The quantitative estimate of drug-likeness (QED) is 0.0436. The van der Waals surface area contributed by atoms with E-state index in [0.717, 1.165) is 243 Å². The second-order valence-electron chi connectivity index (χ2n) is 53.6. The first-order valence-corrected chi connectivity index (χ1v) is 58.6. The molecular weight excluding hydrogens is 1740 g/mol. The maximum atomic E-state index is 13.5. The van der Waals surface area contributed by atoms with Gasteiger partial charge >= 0.3 is 0 Å². The summed E-state index contributed by atoms with van der Waals surface area (Å²) in [6, 6.07) is 15.7. The first-order chi connectivity index (χ1) is 67.5. The number of ether oxygens (including phenoxy) is 5. The first-order valence-electron chi connectivity index (χ1n) is 58.6. The lowest BCUT2D eigenvalue weighted by Crippen LogP contribution is -2.52. The highest BCUT2D eigenvalue weighted by Crippen LogP contribution is 2.72. The van der Waals surface area contributed by atoms with Crippen molar-refractivity contribution in [2.24, 2.45) is 193 Å². The molecule has 1 unspecified atom stereocenters. The molecule has 38 atom stereocenters. The van der Waals surface area contributed by atoms with Gasteiger partial charge in [-0.2, -0.15) is 30.0 Å². The Kier molecular flexibility index (Phi) is 29.2. The van der Waals surface area contributed by atoms with E-state index in [9.17, 15) is 34.8 Å². The number of fused-ring (bicyclic) bond motifs is 27. The van der Waals surface area contributed by atoms with E-state index in [-0.39, 0.29) is 28.1 Å². The van der Waals surface area contributed by atoms with Gasteiger partial charge in [-0.3, -0.25) is 9.59 Å². The van der Waals surface area contributed by atoms with E-state index in [0.29, 0.717) is 116 Å². The number of rotatable bonds is 17. The van der Waals surface area contributed by atoms with Crippen molar-refractivity contribution in [1.29, 1.82) is 0 Å². The number of carbonyl (C=O) groups excluding carboxylic acids is 3. The predicted molar refractivity (Wildman–Crippen MR) is 550 cm³/mol. The van der Waals surface area contributed by atoms with Gasteiger partial charge in [0.15, 0.2) is 11.6 Å². The summed E-state index contributed by atoms with van der Waals surface area (Å²) in [6.45, 7) is 26.1. The molecule has 2 aromatic carbocycles. The summed E-state index contributed by atoms with van der Waals surface area (Å²) in [5.41, 5.74) is 6.56. The molecule has 20 aliphatic carbocycles. The molecule has 3 heterocycles. The van der Waals surface area contributed by atoms with E-state index in [4.69, 9.17) is 23.7 Å². The molecule has 1 aliphatic heterocycles. The monoisotopic (exact) mass is 1930 g/mol. The van der Waals surface area contributed by atoms with Crippen molar-refractivity contribution in [3.63, 3.8) is 0 Å². The molecule has 774 valence electrons. The summed E-state index contributed by atoms with van der Waals surface area (Å²) in [7, 11) is 3.40. The molecule has 18 heteroatoms. The van der Waals surface area contributed by atoms with Crippen LogP contribution in [0.2, 0.25) is 0 Å². The number of aliphatic hydroxyl groups is 4. The van der Waals surface area contributed by atoms with Gasteiger partial charge in [0.25, 0.3) is 0 Å². The first kappa shape index (κ1) is 101. The van der Waals surface area contributed by atoms with Gasteiger partial charge in [0, 0.05) is 45.2 Å². The van der Waals surface area contributed by atoms with Crippen LogP contribution in [0.5, 0.6) is 0 Å². The van der Waals surface area contributed by atoms with Gasteiger partial charge in [0.05, 0.1) is 61.0 Å². The summed E-state index contributed by atoms with van der Waals surface area (Å²) in [5.74, 6) is 21.9. The van der Waals surface area contributed by atoms with Crippen molar-refractivity contribution in [2.75, 3.05) is 60.5 Å². The Hall–Kier alpha value is -4.63. The Morgan fingerprint density at radius 3 is 1.01 bits per heavy atom. The summed E-state index contributed by atoms with van der Waals surface area (Å²) < 4.78 is 27.7. The lowest BCUT2D eigenvalue weighted by molar-refractivity contribution is -0.137. The molecule has 0 bridgehead atoms. The van der Waals surface area contributed by atoms with Crippen LogP contribution < -0.4 is 0 Å². The average Bonchev–Trinajstić information content (AvgIpc) is 1.54. The molecule has 0 radical (unpaired) electrons. The lowest BCUT2D eigenvalue weighted by atomic mass is 9.49. The molecule has 0 amide bonds. The number of methoxy groups -OCH3 is 2. The number of hydrogen-bond acceptors (Lipinski definition) is 16. The van der Waals surface area contributed by atoms with Crippen LogP contribution in [0.3, 0.4) is 0 Å². The number of epoxide rings is 1. The smallest absolute Gasteiger partial charge is 0.159 e. The molecule has 20 saturated carbocycles. The molecule has 21 aliphatic rings. The molecule has 2 aromatic heterocycles. The van der Waals surface area contributed by atoms with E-state index in [1.807, 2.05) is 62.4 Å². The molecule has 4 aromatic rings. The highest BCUT2D eigenvalue weighted by atomic mass is 16.6. The second-order valence-corrected chi connectivity index (χ2v) is 53.6. The highest BCUT2D eigenvalue weighted by molar-refractivity contribution is 5.83. The fraction of sp³-hybridized carbons (Fsp3) is 0.844. The second kappa shape index (κ2) is 40.4. The Balaban J connectivity index is 0.000000105. The molecule has 1 saturated heterocycles. The fourth-order valence-corrected chi connectivity index (χ4v) is 41.2. The van der Waals surface area contributed by atoms with Gasteiger partial charge in [-0.25, -0.2) is 0 Å². The van der Waals surface area contributed by atoms with Crippen LogP contribution in [0.15, 0.2) is 71.8 Å². The van der Waals surface area contributed by atoms with Gasteiger partial charge in [-0.05, 0) is 516 Å². The number of Topliss-reactive ketones (excluding diaryl/α,β-unsaturated/α-hetero) is 2. The van der Waals surface area contributed by atoms with Gasteiger partial charge in [-0.15, -0.1) is 0 Å². The number of hydrogen-bond donors (Lipinski definition) is 4. The zero-order valence-electron chi connectivity index (χ0n) is 88.4. The predicted octanol–water partition coefficient (Wildman–Crippen LogP) is 24.2. The number of carbonyl (C=O) groups is 3. The molecule has 18 nitrogen and oxygen atoms in total. The van der Waals surface area contributed by atoms with Crippen LogP contribution in [0.1, 0.15) is 351 Å². The van der Waals surface area contributed by atoms with Crippen LogP contribution >= 0.6 is 0 Å². The maximum absolute atomic E-state index is 13.5. The van der Waals surface area contributed by atoms with E-state index in [1.54, 1.807) is 35.0 Å². The van der Waals surface area contributed by atoms with Crippen molar-refractivity contribution in [3.05, 3.63) is 71.8 Å². The normalized spacial score (nSPS) is 47.8. The Bertz CT molecular complexity index is 4820. The van der Waals surface area contributed by atoms with Crippen LogP contribution in [0.25, 0.3) is 22.1 Å². The topological polar surface area (TPSA) is 243 Å². The SMILES string of the molecule is CC=C1CC[C@H]2[C@@H]3CC[C@H]4CC5(CC[C@@H]4[C@H]3CC[C@]12C)CO5.CC=C1CC[C@H]2[C@@H]3CC[C@H]4C[C@@](O)(COCC)CC[C@@H]4[C@H]3CC[C@]12C.CCOC[C@@]1(O)CC[C@H]2[C@@H](CC[C@@H]3[C@@H]2CC[C@]2(C)[C@@H](C=O)CC[C@@H]32)C1.COC[C@@]1(O)CC[C@H]2[C@@H](CC[C@@H]3[C@@H]2CC[C@]2(C)[C@@H](C(=O)Cn4nc5ccccc5n4)CC[C@@H]32)C1.COC[C@@]1(O)CC[C@H]2[C@@H](CC[C@@H]3[C@@H]2CC[C@]2(C)[C@H](C(=O)Cn4nc5ccccc5n4)CC[C@@H]32)C1. The summed E-state index contributed by atoms with van der Waals surface area (Å²) in [4.78, 5) is 41.9. The minimum Gasteiger partial charge on any atom is -0.387 e. The van der Waals surface area contributed by atoms with Gasteiger partial charge in [0.1, 0.15) is 41.4 Å².